The predicted molar refractivity (Wildman–Crippen MR) is 35.8 cm³/mol. The molecule has 0 aromatic carbocycles. The Bertz CT molecular complexity index is 295. The summed E-state index contributed by atoms with van der Waals surface area (Å²) in [5, 5.41) is 0. The molecule has 1 radical (unpaired) electrons. The fraction of sp³-hybridized carbons (Fsp3) is 0.333. The number of nitrogens with zero attached hydrogens (tertiary/aromatic N) is 1. The molecule has 0 aliphatic carbocycles. The fourth-order valence-electron chi connectivity index (χ4n) is 0.695. The summed E-state index contributed by atoms with van der Waals surface area (Å²) in [7, 11) is 0. The lowest BCUT2D eigenvalue weighted by Crippen LogP contribution is -2.33. The van der Waals surface area contributed by atoms with Crippen molar-refractivity contribution in [2.75, 3.05) is 0 Å². The number of H-pyrrole nitrogens is 1. The van der Waals surface area contributed by atoms with Crippen molar-refractivity contribution in [3.8, 4) is 0 Å². The summed E-state index contributed by atoms with van der Waals surface area (Å²) in [4.78, 5) is 23.9. The van der Waals surface area contributed by atoms with Crippen LogP contribution in [0.1, 0.15) is 6.92 Å². The number of nitrogens with one attached hydrogen (secondary N) is 1. The van der Waals surface area contributed by atoms with Gasteiger partial charge in [0.15, 0.2) is 0 Å². The molecule has 1 rings (SSSR count). The van der Waals surface area contributed by atoms with Crippen LogP contribution in [-0.4, -0.2) is 9.55 Å². The summed E-state index contributed by atoms with van der Waals surface area (Å²) < 4.78 is 1.07. The minimum absolute atomic E-state index is 0.380. The van der Waals surface area contributed by atoms with E-state index in [-0.39, 0.29) is 11.2 Å². The van der Waals surface area contributed by atoms with E-state index in [2.05, 4.69) is 11.1 Å². The minimum Gasteiger partial charge on any atom is -0.313 e. The first-order chi connectivity index (χ1) is 4.75. The summed E-state index contributed by atoms with van der Waals surface area (Å²) in [6.45, 7) is 2.11. The van der Waals surface area contributed by atoms with Gasteiger partial charge < -0.3 is 4.98 Å². The normalized spacial score (nSPS) is 9.70. The van der Waals surface area contributed by atoms with Crippen molar-refractivity contribution in [2.24, 2.45) is 0 Å². The van der Waals surface area contributed by atoms with Gasteiger partial charge in [0, 0.05) is 12.7 Å². The maximum atomic E-state index is 10.8. The molecule has 1 heterocycles. The van der Waals surface area contributed by atoms with Gasteiger partial charge in [0.2, 0.25) is 0 Å². The van der Waals surface area contributed by atoms with E-state index in [0.29, 0.717) is 6.54 Å². The largest absolute Gasteiger partial charge is 0.328 e. The number of hydrogen-bond donors (Lipinski definition) is 1. The standard InChI is InChI=1S/C6H7N2O2/c1-2-8-5(9)3-4-7-6(8)10/h4H,2H2,1H3,(H,7,10). The average Bonchev–Trinajstić information content (AvgIpc) is 1.88. The number of aromatic nitrogens is 2. The Morgan fingerprint density at radius 1 is 1.70 bits per heavy atom. The van der Waals surface area contributed by atoms with Crippen LogP contribution in [0.15, 0.2) is 15.8 Å². The summed E-state index contributed by atoms with van der Waals surface area (Å²) in [5.41, 5.74) is -0.766. The molecule has 1 N–H and O–H groups in total. The van der Waals surface area contributed by atoms with Gasteiger partial charge in [-0.15, -0.1) is 0 Å². The van der Waals surface area contributed by atoms with Gasteiger partial charge in [0.1, 0.15) is 0 Å². The van der Waals surface area contributed by atoms with E-state index in [1.165, 1.54) is 6.20 Å². The van der Waals surface area contributed by atoms with Crippen molar-refractivity contribution < 1.29 is 0 Å². The van der Waals surface area contributed by atoms with Crippen LogP contribution < -0.4 is 11.2 Å². The molecule has 0 saturated carbocycles. The van der Waals surface area contributed by atoms with Crippen LogP contribution in [0.25, 0.3) is 0 Å². The molecule has 1 aromatic rings. The Hall–Kier alpha value is -1.32. The number of aromatic amines is 1. The zero-order valence-electron chi connectivity index (χ0n) is 5.55. The maximum absolute atomic E-state index is 10.8. The molecule has 0 atom stereocenters. The average molecular weight is 139 g/mol. The van der Waals surface area contributed by atoms with Crippen LogP contribution in [0.3, 0.4) is 0 Å². The summed E-state index contributed by atoms with van der Waals surface area (Å²) in [6, 6.07) is 2.34. The molecule has 4 nitrogen and oxygen atoms in total. The van der Waals surface area contributed by atoms with E-state index in [0.717, 1.165) is 4.57 Å². The van der Waals surface area contributed by atoms with Crippen molar-refractivity contribution in [3.63, 3.8) is 0 Å². The lowest BCUT2D eigenvalue weighted by atomic mass is 10.6. The van der Waals surface area contributed by atoms with Crippen molar-refractivity contribution in [2.45, 2.75) is 13.5 Å². The highest BCUT2D eigenvalue weighted by molar-refractivity contribution is 4.79. The molecule has 0 bridgehead atoms. The Balaban J connectivity index is 3.46. The van der Waals surface area contributed by atoms with Gasteiger partial charge in [0.05, 0.1) is 6.07 Å². The first-order valence-corrected chi connectivity index (χ1v) is 2.96. The molecule has 53 valence electrons. The molecular weight excluding hydrogens is 132 g/mol. The van der Waals surface area contributed by atoms with Gasteiger partial charge in [-0.2, -0.15) is 0 Å². The Morgan fingerprint density at radius 2 is 2.40 bits per heavy atom. The SMILES string of the molecule is CCn1c(=O)[c]c[nH]c1=O. The second kappa shape index (κ2) is 2.51. The van der Waals surface area contributed by atoms with Gasteiger partial charge in [-0.05, 0) is 6.92 Å². The van der Waals surface area contributed by atoms with E-state index < -0.39 is 0 Å². The van der Waals surface area contributed by atoms with Crippen LogP contribution >= 0.6 is 0 Å². The molecule has 1 aromatic heterocycles. The third kappa shape index (κ3) is 1.00. The van der Waals surface area contributed by atoms with Gasteiger partial charge in [0.25, 0.3) is 5.56 Å². The third-order valence-corrected chi connectivity index (χ3v) is 1.20. The zero-order chi connectivity index (χ0) is 7.56. The molecule has 0 spiro atoms. The molecule has 0 aliphatic heterocycles. The van der Waals surface area contributed by atoms with Crippen LogP contribution in [0.2, 0.25) is 0 Å². The summed E-state index contributed by atoms with van der Waals surface area (Å²) in [5.74, 6) is 0. The third-order valence-electron chi connectivity index (χ3n) is 1.20. The lowest BCUT2D eigenvalue weighted by molar-refractivity contribution is 0.671. The maximum Gasteiger partial charge on any atom is 0.328 e. The highest BCUT2D eigenvalue weighted by Gasteiger charge is 1.93. The van der Waals surface area contributed by atoms with E-state index in [4.69, 9.17) is 0 Å². The molecule has 0 aliphatic rings. The van der Waals surface area contributed by atoms with Crippen LogP contribution in [-0.2, 0) is 6.54 Å². The fourth-order valence-corrected chi connectivity index (χ4v) is 0.695. The Morgan fingerprint density at radius 3 is 2.80 bits per heavy atom. The minimum atomic E-state index is -0.383. The molecule has 10 heavy (non-hydrogen) atoms. The van der Waals surface area contributed by atoms with Crippen LogP contribution in [0.4, 0.5) is 0 Å². The van der Waals surface area contributed by atoms with Gasteiger partial charge in [-0.1, -0.05) is 0 Å². The molecule has 0 unspecified atom stereocenters. The van der Waals surface area contributed by atoms with E-state index >= 15 is 0 Å². The predicted octanol–water partition coefficient (Wildman–Crippen LogP) is -0.643. The Labute approximate surface area is 57.1 Å². The zero-order valence-corrected chi connectivity index (χ0v) is 5.55. The van der Waals surface area contributed by atoms with Gasteiger partial charge in [-0.25, -0.2) is 4.79 Å². The molecule has 0 saturated heterocycles. The van der Waals surface area contributed by atoms with Crippen LogP contribution in [0.5, 0.6) is 0 Å². The molecular formula is C6H7N2O2. The first kappa shape index (κ1) is 6.80. The van der Waals surface area contributed by atoms with Crippen molar-refractivity contribution in [1.29, 1.82) is 0 Å². The van der Waals surface area contributed by atoms with E-state index in [1.807, 2.05) is 0 Å². The summed E-state index contributed by atoms with van der Waals surface area (Å²) in [6.07, 6.45) is 1.22. The second-order valence-corrected chi connectivity index (χ2v) is 1.79. The van der Waals surface area contributed by atoms with Crippen molar-refractivity contribution in [3.05, 3.63) is 33.1 Å². The monoisotopic (exact) mass is 139 g/mol. The topological polar surface area (TPSA) is 54.9 Å². The summed E-state index contributed by atoms with van der Waals surface area (Å²) >= 11 is 0. The number of hydrogen-bond acceptors (Lipinski definition) is 2. The smallest absolute Gasteiger partial charge is 0.313 e. The van der Waals surface area contributed by atoms with Gasteiger partial charge >= 0.3 is 5.69 Å². The second-order valence-electron chi connectivity index (χ2n) is 1.79. The van der Waals surface area contributed by atoms with Crippen molar-refractivity contribution >= 4 is 0 Å². The highest BCUT2D eigenvalue weighted by atomic mass is 16.2. The quantitative estimate of drug-likeness (QED) is 0.562. The van der Waals surface area contributed by atoms with E-state index in [9.17, 15) is 9.59 Å². The van der Waals surface area contributed by atoms with Crippen molar-refractivity contribution in [1.82, 2.24) is 9.55 Å². The van der Waals surface area contributed by atoms with Crippen LogP contribution in [0, 0.1) is 6.07 Å². The number of rotatable bonds is 1. The van der Waals surface area contributed by atoms with Gasteiger partial charge in [-0.3, -0.25) is 9.36 Å². The lowest BCUT2D eigenvalue weighted by Gasteiger charge is -1.94. The van der Waals surface area contributed by atoms with E-state index in [1.54, 1.807) is 6.92 Å². The molecule has 4 heteroatoms. The highest BCUT2D eigenvalue weighted by Crippen LogP contribution is 1.65. The molecule has 0 amide bonds. The Kier molecular flexibility index (Phi) is 1.71. The molecule has 0 fully saturated rings. The first-order valence-electron chi connectivity index (χ1n) is 2.96.